The number of rotatable bonds is 23. The van der Waals surface area contributed by atoms with Crippen LogP contribution in [0, 0.1) is 35.5 Å². The summed E-state index contributed by atoms with van der Waals surface area (Å²) in [6.45, 7) is 15.3. The molecule has 88 heavy (non-hydrogen) atoms. The lowest BCUT2D eigenvalue weighted by atomic mass is 9.78. The average molecular weight is 1240 g/mol. The van der Waals surface area contributed by atoms with Gasteiger partial charge >= 0.3 is 18.3 Å². The number of carbonyl (C=O) groups excluding carboxylic acids is 7. The predicted octanol–water partition coefficient (Wildman–Crippen LogP) is 12.2. The number of nitrogens with zero attached hydrogens (tertiary/aromatic N) is 1. The highest BCUT2D eigenvalue weighted by Crippen LogP contribution is 2.38. The first-order valence-corrected chi connectivity index (χ1v) is 33.2. The van der Waals surface area contributed by atoms with E-state index in [4.69, 9.17) is 42.6 Å². The van der Waals surface area contributed by atoms with Crippen LogP contribution in [-0.4, -0.2) is 159 Å². The van der Waals surface area contributed by atoms with E-state index in [1.807, 2.05) is 51.2 Å². The zero-order valence-corrected chi connectivity index (χ0v) is 55.2. The van der Waals surface area contributed by atoms with Crippen LogP contribution >= 0.6 is 0 Å². The van der Waals surface area contributed by atoms with Gasteiger partial charge in [0.05, 0.1) is 38.1 Å². The van der Waals surface area contributed by atoms with Crippen LogP contribution in [0.15, 0.2) is 47.6 Å². The van der Waals surface area contributed by atoms with E-state index >= 15 is 0 Å². The van der Waals surface area contributed by atoms with Crippen LogP contribution in [0.3, 0.4) is 0 Å². The monoisotopic (exact) mass is 1240 g/mol. The Balaban J connectivity index is 1.45. The Kier molecular flexibility index (Phi) is 34.5. The van der Waals surface area contributed by atoms with Gasteiger partial charge < -0.3 is 57.7 Å². The minimum absolute atomic E-state index is 0.00927. The summed E-state index contributed by atoms with van der Waals surface area (Å²) in [6.07, 6.45) is 21.2. The molecule has 3 heterocycles. The molecule has 19 heteroatoms. The van der Waals surface area contributed by atoms with E-state index in [1.54, 1.807) is 40.9 Å². The number of fused-ring (bicyclic) bond motifs is 3. The maximum atomic E-state index is 14.7. The molecule has 4 rings (SSSR count). The number of aliphatic hydroxyl groups excluding tert-OH is 1. The topological polar surface area (TPSA) is 246 Å². The molecule has 0 aromatic rings. The number of Topliss-reactive ketones (excluding diaryl/α,β-unsaturated/α-hetero) is 3. The number of methoxy groups -OCH3 is 3. The summed E-state index contributed by atoms with van der Waals surface area (Å²) in [5, 5.41) is 23.7. The molecule has 0 spiro atoms. The Bertz CT molecular complexity index is 2300. The molecule has 1 aliphatic carbocycles. The van der Waals surface area contributed by atoms with Crippen molar-refractivity contribution in [2.75, 3.05) is 47.7 Å². The highest BCUT2D eigenvalue weighted by molar-refractivity contribution is 6.39. The van der Waals surface area contributed by atoms with Crippen molar-refractivity contribution in [3.63, 3.8) is 0 Å². The number of esters is 1. The first-order valence-electron chi connectivity index (χ1n) is 33.2. The third-order valence-corrected chi connectivity index (χ3v) is 18.4. The smallest absolute Gasteiger partial charge is 0.460 e. The Morgan fingerprint density at radius 3 is 1.99 bits per heavy atom. The number of ether oxygens (including phenoxy) is 9. The summed E-state index contributed by atoms with van der Waals surface area (Å²) < 4.78 is 51.4. The van der Waals surface area contributed by atoms with E-state index in [2.05, 4.69) is 6.92 Å². The molecular formula is C69H111NO18. The quantitative estimate of drug-likeness (QED) is 0.0317. The Morgan fingerprint density at radius 2 is 1.35 bits per heavy atom. The van der Waals surface area contributed by atoms with Gasteiger partial charge in [-0.1, -0.05) is 136 Å². The van der Waals surface area contributed by atoms with Crippen LogP contribution in [-0.2, 0) is 66.6 Å². The van der Waals surface area contributed by atoms with Crippen molar-refractivity contribution in [1.29, 1.82) is 0 Å². The minimum atomic E-state index is -2.47. The zero-order chi connectivity index (χ0) is 64.8. The van der Waals surface area contributed by atoms with Gasteiger partial charge in [0.1, 0.15) is 36.2 Å². The number of unbranched alkanes of at least 4 members (excludes halogenated alkanes) is 10. The van der Waals surface area contributed by atoms with Gasteiger partial charge in [0.25, 0.3) is 11.7 Å². The van der Waals surface area contributed by atoms with Crippen molar-refractivity contribution in [1.82, 2.24) is 4.90 Å². The van der Waals surface area contributed by atoms with Crippen molar-refractivity contribution in [2.24, 2.45) is 35.5 Å². The first kappa shape index (κ1) is 75.7. The van der Waals surface area contributed by atoms with Gasteiger partial charge in [0.2, 0.25) is 5.79 Å². The van der Waals surface area contributed by atoms with Crippen LogP contribution < -0.4 is 0 Å². The zero-order valence-electron chi connectivity index (χ0n) is 55.2. The normalized spacial score (nSPS) is 32.7. The van der Waals surface area contributed by atoms with Crippen LogP contribution in [0.25, 0.3) is 0 Å². The van der Waals surface area contributed by atoms with Gasteiger partial charge in [-0.05, 0) is 126 Å². The fourth-order valence-electron chi connectivity index (χ4n) is 12.7. The Hall–Kier alpha value is -4.79. The molecule has 1 amide bonds. The fraction of sp³-hybridized carbons (Fsp3) is 0.783. The van der Waals surface area contributed by atoms with E-state index in [0.717, 1.165) is 24.8 Å². The second kappa shape index (κ2) is 40.1. The lowest BCUT2D eigenvalue weighted by Gasteiger charge is -2.42. The lowest BCUT2D eigenvalue weighted by Crippen LogP contribution is -2.61. The summed E-state index contributed by atoms with van der Waals surface area (Å²) in [4.78, 5) is 97.9. The van der Waals surface area contributed by atoms with Crippen LogP contribution in [0.1, 0.15) is 209 Å². The number of hydrogen-bond donors (Lipinski definition) is 2. The van der Waals surface area contributed by atoms with Crippen molar-refractivity contribution >= 4 is 41.5 Å². The average Bonchev–Trinajstić information content (AvgIpc) is 2.62. The highest BCUT2D eigenvalue weighted by Gasteiger charge is 2.53. The number of aliphatic hydroxyl groups is 2. The Morgan fingerprint density at radius 1 is 0.716 bits per heavy atom. The maximum Gasteiger partial charge on any atom is 0.508 e. The standard InChI is InChI=1S/C69H111NO18/c1-12-13-14-15-16-17-18-19-20-26-37-83-67(77)84-38-27-28-39-85-68(78)87-57-35-33-53(43-60(57)81-10)42-49(5)59-45-56(71)48(4)41-51(7)62(73)63(82-11)61(72)50(6)40-46(2)29-22-21-23-30-47(3)58(80-9)44-54-34-32-52(8)69(79,88-54)64(74)65(75)70-36-25-24-31-55(70)66(76)86-59/h21-23,29-30,41,46,48-50,52-55,57-60,62-63,73,79H,12-20,24-28,31-40,42-45H2,1-11H3/b23-21+,29-22+,47-30+,51-41+/t46-,48-,49-,50-,52-,53+,54+,55+,57-,58+,59+,60-,62-,63+,69-/m1/s1. The SMILES string of the molecule is CCCCCCCCCCCCOC(=O)OCCCCOC(=O)O[C@@H]1CC[C@@H](C[C@@H](C)[C@@H]2CC(=O)[C@H](C)/C=C(\C)[C@@H](O)[C@@H](OC)C(=O)[C@H](C)C[C@H](C)/C=C/C=C/C=C(\C)[C@@H](OC)C[C@@H]3CC[C@@H](C)[C@@](O)(O3)C(=O)C(=O)N3CCCC[C@H]3C(=O)O2)C[C@H]1OC. The third kappa shape index (κ3) is 24.8. The summed E-state index contributed by atoms with van der Waals surface area (Å²) in [5.41, 5.74) is 1.22. The number of cyclic esters (lactones) is 1. The molecule has 500 valence electrons. The van der Waals surface area contributed by atoms with E-state index < -0.39 is 108 Å². The number of carbonyl (C=O) groups is 7. The number of piperidine rings is 1. The third-order valence-electron chi connectivity index (χ3n) is 18.4. The van der Waals surface area contributed by atoms with Gasteiger partial charge in [-0.15, -0.1) is 0 Å². The summed E-state index contributed by atoms with van der Waals surface area (Å²) >= 11 is 0. The van der Waals surface area contributed by atoms with E-state index in [1.165, 1.54) is 64.1 Å². The minimum Gasteiger partial charge on any atom is -0.460 e. The second-order valence-corrected chi connectivity index (χ2v) is 25.6. The molecule has 0 unspecified atom stereocenters. The molecular weight excluding hydrogens is 1130 g/mol. The van der Waals surface area contributed by atoms with Gasteiger partial charge in [-0.25, -0.2) is 14.4 Å². The highest BCUT2D eigenvalue weighted by atomic mass is 16.7. The van der Waals surface area contributed by atoms with Crippen molar-refractivity contribution in [3.8, 4) is 0 Å². The van der Waals surface area contributed by atoms with Gasteiger partial charge in [0.15, 0.2) is 5.78 Å². The van der Waals surface area contributed by atoms with E-state index in [9.17, 15) is 43.8 Å². The van der Waals surface area contributed by atoms with Crippen molar-refractivity contribution in [3.05, 3.63) is 47.6 Å². The number of allylic oxidation sites excluding steroid dienone is 6. The van der Waals surface area contributed by atoms with Crippen LogP contribution in [0.2, 0.25) is 0 Å². The van der Waals surface area contributed by atoms with Crippen molar-refractivity contribution < 1.29 is 86.4 Å². The molecule has 0 radical (unpaired) electrons. The van der Waals surface area contributed by atoms with Crippen LogP contribution in [0.5, 0.6) is 0 Å². The molecule has 2 N–H and O–H groups in total. The molecule has 15 atom stereocenters. The van der Waals surface area contributed by atoms with Gasteiger partial charge in [-0.2, -0.15) is 0 Å². The number of amides is 1. The fourth-order valence-corrected chi connectivity index (χ4v) is 12.7. The summed E-state index contributed by atoms with van der Waals surface area (Å²) in [5.74, 6) is -8.58. The number of hydrogen-bond acceptors (Lipinski definition) is 18. The van der Waals surface area contributed by atoms with Gasteiger partial charge in [-0.3, -0.25) is 19.2 Å². The predicted molar refractivity (Wildman–Crippen MR) is 334 cm³/mol. The van der Waals surface area contributed by atoms with Crippen LogP contribution in [0.4, 0.5) is 9.59 Å². The summed E-state index contributed by atoms with van der Waals surface area (Å²) in [7, 11) is 4.48. The van der Waals surface area contributed by atoms with Gasteiger partial charge in [0, 0.05) is 58.5 Å². The molecule has 3 aliphatic heterocycles. The number of ketones is 3. The van der Waals surface area contributed by atoms with E-state index in [0.29, 0.717) is 89.2 Å². The summed E-state index contributed by atoms with van der Waals surface area (Å²) in [6, 6.07) is -1.20. The second-order valence-electron chi connectivity index (χ2n) is 25.6. The molecule has 1 saturated carbocycles. The molecule has 2 saturated heterocycles. The Labute approximate surface area is 525 Å². The molecule has 0 aromatic carbocycles. The molecule has 3 fully saturated rings. The lowest BCUT2D eigenvalue weighted by molar-refractivity contribution is -0.265. The molecule has 19 nitrogen and oxygen atoms in total. The molecule has 2 bridgehead atoms. The maximum absolute atomic E-state index is 14.7. The van der Waals surface area contributed by atoms with Crippen molar-refractivity contribution in [2.45, 2.75) is 264 Å². The first-order chi connectivity index (χ1) is 42.1. The largest absolute Gasteiger partial charge is 0.508 e. The van der Waals surface area contributed by atoms with E-state index in [-0.39, 0.29) is 56.0 Å². The molecule has 0 aromatic heterocycles. The molecule has 4 aliphatic rings.